The van der Waals surface area contributed by atoms with Gasteiger partial charge in [-0.25, -0.2) is 19.0 Å². The monoisotopic (exact) mass is 293 g/mol. The summed E-state index contributed by atoms with van der Waals surface area (Å²) in [7, 11) is 2.30. The number of hydrogen-bond acceptors (Lipinski definition) is 6. The molecule has 1 heterocycles. The minimum Gasteiger partial charge on any atom is -0.464 e. The molecule has 110 valence electrons. The van der Waals surface area contributed by atoms with E-state index in [1.54, 1.807) is 6.92 Å². The van der Waals surface area contributed by atoms with E-state index in [-0.39, 0.29) is 17.3 Å². The Hall–Kier alpha value is -2.70. The second kappa shape index (κ2) is 5.74. The first-order chi connectivity index (χ1) is 9.97. The molecule has 0 bridgehead atoms. The summed E-state index contributed by atoms with van der Waals surface area (Å²) in [5.41, 5.74) is 0.712. The van der Waals surface area contributed by atoms with E-state index in [0.29, 0.717) is 11.1 Å². The lowest BCUT2D eigenvalue weighted by atomic mass is 10.1. The van der Waals surface area contributed by atoms with Crippen LogP contribution < -0.4 is 0 Å². The van der Waals surface area contributed by atoms with E-state index in [1.165, 1.54) is 18.2 Å². The number of nitrogens with zero attached hydrogens (tertiary/aromatic N) is 1. The fraction of sp³-hybridized carbons (Fsp3) is 0.214. The lowest BCUT2D eigenvalue weighted by molar-refractivity contribution is 0.0527. The van der Waals surface area contributed by atoms with Crippen molar-refractivity contribution in [1.82, 2.24) is 4.98 Å². The molecule has 0 amide bonds. The summed E-state index contributed by atoms with van der Waals surface area (Å²) in [6.45, 7) is 1.65. The van der Waals surface area contributed by atoms with Crippen LogP contribution in [-0.2, 0) is 9.47 Å². The zero-order valence-corrected chi connectivity index (χ0v) is 11.6. The number of halogens is 1. The number of rotatable bonds is 3. The maximum absolute atomic E-state index is 13.1. The molecule has 0 unspecified atom stereocenters. The number of esters is 2. The van der Waals surface area contributed by atoms with Crippen LogP contribution in [0.15, 0.2) is 22.6 Å². The largest absolute Gasteiger partial charge is 0.464 e. The van der Waals surface area contributed by atoms with Gasteiger partial charge in [0.1, 0.15) is 5.82 Å². The molecule has 1 aromatic heterocycles. The normalized spacial score (nSPS) is 10.3. The highest BCUT2D eigenvalue weighted by atomic mass is 19.1. The van der Waals surface area contributed by atoms with Gasteiger partial charge in [0.25, 0.3) is 0 Å². The van der Waals surface area contributed by atoms with Crippen molar-refractivity contribution in [3.05, 3.63) is 41.0 Å². The maximum Gasteiger partial charge on any atom is 0.376 e. The number of benzene rings is 1. The zero-order valence-electron chi connectivity index (χ0n) is 11.6. The number of oxazole rings is 1. The van der Waals surface area contributed by atoms with Crippen molar-refractivity contribution in [2.45, 2.75) is 6.92 Å². The van der Waals surface area contributed by atoms with Crippen molar-refractivity contribution in [3.63, 3.8) is 0 Å². The number of carbonyl (C=O) groups is 2. The van der Waals surface area contributed by atoms with E-state index in [1.807, 2.05) is 0 Å². The maximum atomic E-state index is 13.1. The Bertz CT molecular complexity index is 674. The molecule has 0 aliphatic rings. The Morgan fingerprint density at radius 1 is 1.19 bits per heavy atom. The van der Waals surface area contributed by atoms with Gasteiger partial charge in [0.05, 0.1) is 14.2 Å². The SMILES string of the molecule is COC(=O)c1nc(-c2ccc(F)cc2C)oc1C(=O)OC. The number of aryl methyl sites for hydroxylation is 1. The third-order valence-corrected chi connectivity index (χ3v) is 2.80. The molecular formula is C14H12FNO5. The number of ether oxygens (including phenoxy) is 2. The molecule has 0 fully saturated rings. The molecule has 0 spiro atoms. The summed E-state index contributed by atoms with van der Waals surface area (Å²) in [5.74, 6) is -2.44. The van der Waals surface area contributed by atoms with E-state index in [9.17, 15) is 14.0 Å². The summed E-state index contributed by atoms with van der Waals surface area (Å²) >= 11 is 0. The van der Waals surface area contributed by atoms with Gasteiger partial charge in [-0.3, -0.25) is 0 Å². The van der Waals surface area contributed by atoms with E-state index < -0.39 is 17.8 Å². The molecule has 2 aromatic rings. The van der Waals surface area contributed by atoms with Gasteiger partial charge in [0.2, 0.25) is 17.3 Å². The molecule has 0 saturated heterocycles. The van der Waals surface area contributed by atoms with Gasteiger partial charge in [-0.2, -0.15) is 0 Å². The van der Waals surface area contributed by atoms with E-state index >= 15 is 0 Å². The molecule has 0 aliphatic heterocycles. The predicted octanol–water partition coefficient (Wildman–Crippen LogP) is 2.36. The molecule has 7 heteroatoms. The number of methoxy groups -OCH3 is 2. The van der Waals surface area contributed by atoms with E-state index in [2.05, 4.69) is 14.5 Å². The number of hydrogen-bond donors (Lipinski definition) is 0. The summed E-state index contributed by atoms with van der Waals surface area (Å²) in [4.78, 5) is 27.2. The van der Waals surface area contributed by atoms with Gasteiger partial charge in [-0.05, 0) is 30.7 Å². The van der Waals surface area contributed by atoms with Crippen LogP contribution in [0.1, 0.15) is 26.6 Å². The first-order valence-corrected chi connectivity index (χ1v) is 5.92. The van der Waals surface area contributed by atoms with E-state index in [0.717, 1.165) is 14.2 Å². The second-order valence-electron chi connectivity index (χ2n) is 4.14. The summed E-state index contributed by atoms with van der Waals surface area (Å²) in [6.07, 6.45) is 0. The molecule has 0 atom stereocenters. The smallest absolute Gasteiger partial charge is 0.376 e. The average Bonchev–Trinajstić information content (AvgIpc) is 2.90. The molecule has 2 rings (SSSR count). The first-order valence-electron chi connectivity index (χ1n) is 5.92. The Morgan fingerprint density at radius 2 is 1.86 bits per heavy atom. The minimum atomic E-state index is -0.853. The number of aromatic nitrogens is 1. The van der Waals surface area contributed by atoms with Gasteiger partial charge < -0.3 is 13.9 Å². The van der Waals surface area contributed by atoms with Crippen molar-refractivity contribution < 1.29 is 27.9 Å². The first kappa shape index (κ1) is 14.7. The Labute approximate surface area is 119 Å². The highest BCUT2D eigenvalue weighted by Gasteiger charge is 2.27. The highest BCUT2D eigenvalue weighted by Crippen LogP contribution is 2.26. The lowest BCUT2D eigenvalue weighted by Crippen LogP contribution is -2.10. The van der Waals surface area contributed by atoms with Crippen LogP contribution in [0.2, 0.25) is 0 Å². The topological polar surface area (TPSA) is 78.6 Å². The van der Waals surface area contributed by atoms with Crippen LogP contribution >= 0.6 is 0 Å². The average molecular weight is 293 g/mol. The second-order valence-corrected chi connectivity index (χ2v) is 4.14. The quantitative estimate of drug-likeness (QED) is 0.808. The molecule has 6 nitrogen and oxygen atoms in total. The van der Waals surface area contributed by atoms with Crippen molar-refractivity contribution in [3.8, 4) is 11.5 Å². The van der Waals surface area contributed by atoms with Crippen LogP contribution in [0, 0.1) is 12.7 Å². The van der Waals surface area contributed by atoms with Gasteiger partial charge in [0, 0.05) is 5.56 Å². The lowest BCUT2D eigenvalue weighted by Gasteiger charge is -2.00. The Morgan fingerprint density at radius 3 is 2.43 bits per heavy atom. The van der Waals surface area contributed by atoms with Crippen LogP contribution in [0.5, 0.6) is 0 Å². The van der Waals surface area contributed by atoms with Crippen molar-refractivity contribution in [2.24, 2.45) is 0 Å². The fourth-order valence-electron chi connectivity index (χ4n) is 1.77. The van der Waals surface area contributed by atoms with Crippen molar-refractivity contribution >= 4 is 11.9 Å². The van der Waals surface area contributed by atoms with Gasteiger partial charge in [0.15, 0.2) is 0 Å². The van der Waals surface area contributed by atoms with Crippen molar-refractivity contribution in [1.29, 1.82) is 0 Å². The highest BCUT2D eigenvalue weighted by molar-refractivity contribution is 6.00. The third-order valence-electron chi connectivity index (χ3n) is 2.80. The zero-order chi connectivity index (χ0) is 15.6. The molecule has 0 N–H and O–H groups in total. The van der Waals surface area contributed by atoms with Crippen LogP contribution in [0.4, 0.5) is 4.39 Å². The number of carbonyl (C=O) groups excluding carboxylic acids is 2. The van der Waals surface area contributed by atoms with Gasteiger partial charge in [-0.15, -0.1) is 0 Å². The van der Waals surface area contributed by atoms with Gasteiger partial charge in [-0.1, -0.05) is 0 Å². The molecule has 0 radical (unpaired) electrons. The third kappa shape index (κ3) is 2.76. The molecule has 21 heavy (non-hydrogen) atoms. The van der Waals surface area contributed by atoms with Gasteiger partial charge >= 0.3 is 11.9 Å². The summed E-state index contributed by atoms with van der Waals surface area (Å²) < 4.78 is 27.5. The minimum absolute atomic E-state index is 0.00769. The van der Waals surface area contributed by atoms with Crippen LogP contribution in [0.3, 0.4) is 0 Å². The molecule has 1 aromatic carbocycles. The van der Waals surface area contributed by atoms with E-state index in [4.69, 9.17) is 4.42 Å². The predicted molar refractivity (Wildman–Crippen MR) is 69.3 cm³/mol. The van der Waals surface area contributed by atoms with Crippen molar-refractivity contribution in [2.75, 3.05) is 14.2 Å². The van der Waals surface area contributed by atoms with Crippen LogP contribution in [0.25, 0.3) is 11.5 Å². The fourth-order valence-corrected chi connectivity index (χ4v) is 1.77. The van der Waals surface area contributed by atoms with Crippen LogP contribution in [-0.4, -0.2) is 31.1 Å². The standard InChI is InChI=1S/C14H12FNO5/c1-7-6-8(15)4-5-9(7)12-16-10(13(17)19-2)11(21-12)14(18)20-3/h4-6H,1-3H3. The molecule has 0 saturated carbocycles. The summed E-state index contributed by atoms with van der Waals surface area (Å²) in [5, 5.41) is 0. The molecule has 0 aliphatic carbocycles. The molecular weight excluding hydrogens is 281 g/mol. The Balaban J connectivity index is 2.58. The summed E-state index contributed by atoms with van der Waals surface area (Å²) in [6, 6.07) is 3.95. The Kier molecular flexibility index (Phi) is 4.02.